The molecule has 6 nitrogen and oxygen atoms in total. The molecule has 21 heavy (non-hydrogen) atoms. The number of aryl methyl sites for hydroxylation is 1. The molecule has 0 aliphatic carbocycles. The van der Waals surface area contributed by atoms with E-state index in [2.05, 4.69) is 17.2 Å². The zero-order valence-electron chi connectivity index (χ0n) is 12.0. The first-order valence-corrected chi connectivity index (χ1v) is 7.53. The molecule has 1 aromatic carbocycles. The van der Waals surface area contributed by atoms with Crippen LogP contribution in [0.5, 0.6) is 5.75 Å². The largest absolute Gasteiger partial charge is 0.494 e. The van der Waals surface area contributed by atoms with E-state index >= 15 is 0 Å². The van der Waals surface area contributed by atoms with E-state index in [-0.39, 0.29) is 5.69 Å². The molecule has 1 heterocycles. The molecule has 2 rings (SSSR count). The lowest BCUT2D eigenvalue weighted by Crippen LogP contribution is -2.01. The minimum absolute atomic E-state index is 0.0110. The normalized spacial score (nSPS) is 10.4. The summed E-state index contributed by atoms with van der Waals surface area (Å²) in [5, 5.41) is 15.0. The Labute approximate surface area is 126 Å². The topological polar surface area (TPSA) is 77.3 Å². The molecule has 2 aromatic rings. The van der Waals surface area contributed by atoms with Crippen LogP contribution in [0.2, 0.25) is 0 Å². The van der Waals surface area contributed by atoms with Gasteiger partial charge >= 0.3 is 0 Å². The van der Waals surface area contributed by atoms with Crippen molar-refractivity contribution in [2.45, 2.75) is 26.8 Å². The van der Waals surface area contributed by atoms with Gasteiger partial charge in [0.25, 0.3) is 5.69 Å². The highest BCUT2D eigenvalue weighted by Gasteiger charge is 2.11. The maximum atomic E-state index is 10.9. The molecule has 0 amide bonds. The number of nitro groups is 1. The average Bonchev–Trinajstić information content (AvgIpc) is 2.93. The molecular weight excluding hydrogens is 290 g/mol. The molecule has 1 N–H and O–H groups in total. The summed E-state index contributed by atoms with van der Waals surface area (Å²) in [5.74, 6) is 0.489. The van der Waals surface area contributed by atoms with Crippen molar-refractivity contribution in [2.24, 2.45) is 0 Å². The molecular formula is C14H17N3O3S. The predicted octanol–water partition coefficient (Wildman–Crippen LogP) is 3.62. The lowest BCUT2D eigenvalue weighted by atomic mass is 10.2. The Kier molecular flexibility index (Phi) is 5.10. The molecule has 112 valence electrons. The van der Waals surface area contributed by atoms with E-state index in [4.69, 9.17) is 4.74 Å². The summed E-state index contributed by atoms with van der Waals surface area (Å²) in [5.41, 5.74) is 0.665. The van der Waals surface area contributed by atoms with Crippen LogP contribution in [0, 0.1) is 10.1 Å². The number of non-ortho nitro benzene ring substituents is 1. The van der Waals surface area contributed by atoms with Crippen LogP contribution in [-0.4, -0.2) is 16.5 Å². The summed E-state index contributed by atoms with van der Waals surface area (Å²) in [6.45, 7) is 4.93. The summed E-state index contributed by atoms with van der Waals surface area (Å²) in [6.07, 6.45) is 2.82. The van der Waals surface area contributed by atoms with Gasteiger partial charge in [-0.05, 0) is 13.3 Å². The van der Waals surface area contributed by atoms with Crippen LogP contribution in [0.15, 0.2) is 24.4 Å². The zero-order chi connectivity index (χ0) is 15.2. The second-order valence-corrected chi connectivity index (χ2v) is 5.53. The van der Waals surface area contributed by atoms with E-state index < -0.39 is 4.92 Å². The van der Waals surface area contributed by atoms with Crippen molar-refractivity contribution >= 4 is 22.7 Å². The first-order chi connectivity index (χ1) is 10.1. The summed E-state index contributed by atoms with van der Waals surface area (Å²) in [4.78, 5) is 16.0. The Morgan fingerprint density at radius 1 is 1.38 bits per heavy atom. The Morgan fingerprint density at radius 2 is 2.19 bits per heavy atom. The quantitative estimate of drug-likeness (QED) is 0.624. The molecule has 0 saturated heterocycles. The highest BCUT2D eigenvalue weighted by molar-refractivity contribution is 7.11. The maximum Gasteiger partial charge on any atom is 0.275 e. The van der Waals surface area contributed by atoms with Gasteiger partial charge in [0.1, 0.15) is 10.8 Å². The van der Waals surface area contributed by atoms with Crippen molar-refractivity contribution in [1.29, 1.82) is 0 Å². The van der Waals surface area contributed by atoms with Gasteiger partial charge in [-0.3, -0.25) is 10.1 Å². The molecule has 0 saturated carbocycles. The second kappa shape index (κ2) is 7.03. The van der Waals surface area contributed by atoms with Gasteiger partial charge in [0.2, 0.25) is 0 Å². The fourth-order valence-corrected chi connectivity index (χ4v) is 2.61. The SMILES string of the molecule is CCOc1cc(NCc2ncc(CC)s2)cc([N+](=O)[O-])c1. The van der Waals surface area contributed by atoms with Gasteiger partial charge < -0.3 is 10.1 Å². The number of nitrogens with zero attached hydrogens (tertiary/aromatic N) is 2. The first-order valence-electron chi connectivity index (χ1n) is 6.72. The summed E-state index contributed by atoms with van der Waals surface area (Å²) < 4.78 is 5.35. The van der Waals surface area contributed by atoms with E-state index in [1.165, 1.54) is 17.0 Å². The lowest BCUT2D eigenvalue weighted by molar-refractivity contribution is -0.384. The zero-order valence-corrected chi connectivity index (χ0v) is 12.8. The Balaban J connectivity index is 2.12. The van der Waals surface area contributed by atoms with Crippen LogP contribution in [-0.2, 0) is 13.0 Å². The van der Waals surface area contributed by atoms with Crippen molar-refractivity contribution in [3.05, 3.63) is 44.4 Å². The first kappa shape index (κ1) is 15.2. The van der Waals surface area contributed by atoms with E-state index in [0.29, 0.717) is 24.6 Å². The summed E-state index contributed by atoms with van der Waals surface area (Å²) >= 11 is 1.64. The summed E-state index contributed by atoms with van der Waals surface area (Å²) in [7, 11) is 0. The van der Waals surface area contributed by atoms with Crippen LogP contribution in [0.25, 0.3) is 0 Å². The van der Waals surface area contributed by atoms with Crippen LogP contribution in [0.1, 0.15) is 23.7 Å². The molecule has 0 spiro atoms. The third kappa shape index (κ3) is 4.16. The molecule has 0 radical (unpaired) electrons. The molecule has 0 unspecified atom stereocenters. The molecule has 0 atom stereocenters. The molecule has 0 bridgehead atoms. The van der Waals surface area contributed by atoms with Gasteiger partial charge in [-0.1, -0.05) is 6.92 Å². The number of hydrogen-bond acceptors (Lipinski definition) is 6. The highest BCUT2D eigenvalue weighted by Crippen LogP contribution is 2.26. The number of aromatic nitrogens is 1. The number of hydrogen-bond donors (Lipinski definition) is 1. The van der Waals surface area contributed by atoms with Crippen LogP contribution < -0.4 is 10.1 Å². The molecule has 1 aromatic heterocycles. The van der Waals surface area contributed by atoms with Gasteiger partial charge in [-0.2, -0.15) is 0 Å². The predicted molar refractivity (Wildman–Crippen MR) is 83.1 cm³/mol. The Bertz CT molecular complexity index is 628. The van der Waals surface area contributed by atoms with E-state index in [1.807, 2.05) is 13.1 Å². The average molecular weight is 307 g/mol. The van der Waals surface area contributed by atoms with Crippen LogP contribution >= 0.6 is 11.3 Å². The van der Waals surface area contributed by atoms with Crippen molar-refractivity contribution in [3.63, 3.8) is 0 Å². The number of nitrogens with one attached hydrogen (secondary N) is 1. The van der Waals surface area contributed by atoms with Crippen molar-refractivity contribution < 1.29 is 9.66 Å². The van der Waals surface area contributed by atoms with Crippen molar-refractivity contribution in [1.82, 2.24) is 4.98 Å². The molecule has 0 aliphatic rings. The monoisotopic (exact) mass is 307 g/mol. The van der Waals surface area contributed by atoms with Gasteiger partial charge in [0, 0.05) is 28.9 Å². The smallest absolute Gasteiger partial charge is 0.275 e. The number of benzene rings is 1. The lowest BCUT2D eigenvalue weighted by Gasteiger charge is -2.08. The third-order valence-electron chi connectivity index (χ3n) is 2.81. The van der Waals surface area contributed by atoms with Crippen LogP contribution in [0.3, 0.4) is 0 Å². The standard InChI is InChI=1S/C14H17N3O3S/c1-3-13-8-16-14(21-13)9-15-10-5-11(17(18)19)7-12(6-10)20-4-2/h5-8,15H,3-4,9H2,1-2H3. The minimum atomic E-state index is -0.424. The van der Waals surface area contributed by atoms with Gasteiger partial charge in [0.05, 0.1) is 24.1 Å². The van der Waals surface area contributed by atoms with E-state index in [9.17, 15) is 10.1 Å². The number of ether oxygens (including phenoxy) is 1. The summed E-state index contributed by atoms with van der Waals surface area (Å²) in [6, 6.07) is 4.68. The molecule has 7 heteroatoms. The fraction of sp³-hybridized carbons (Fsp3) is 0.357. The Morgan fingerprint density at radius 3 is 2.81 bits per heavy atom. The number of nitro benzene ring substituents is 1. The maximum absolute atomic E-state index is 10.9. The van der Waals surface area contributed by atoms with Crippen molar-refractivity contribution in [3.8, 4) is 5.75 Å². The van der Waals surface area contributed by atoms with E-state index in [1.54, 1.807) is 17.4 Å². The van der Waals surface area contributed by atoms with E-state index in [0.717, 1.165) is 11.4 Å². The number of thiazole rings is 1. The van der Waals surface area contributed by atoms with Crippen molar-refractivity contribution in [2.75, 3.05) is 11.9 Å². The molecule has 0 aliphatic heterocycles. The van der Waals surface area contributed by atoms with Gasteiger partial charge in [-0.25, -0.2) is 4.98 Å². The van der Waals surface area contributed by atoms with Gasteiger partial charge in [0.15, 0.2) is 0 Å². The second-order valence-electron chi connectivity index (χ2n) is 4.33. The minimum Gasteiger partial charge on any atom is -0.494 e. The van der Waals surface area contributed by atoms with Crippen LogP contribution in [0.4, 0.5) is 11.4 Å². The highest BCUT2D eigenvalue weighted by atomic mass is 32.1. The third-order valence-corrected chi connectivity index (χ3v) is 3.95. The Hall–Kier alpha value is -2.15. The number of rotatable bonds is 7. The van der Waals surface area contributed by atoms with Gasteiger partial charge in [-0.15, -0.1) is 11.3 Å². The number of anilines is 1. The fourth-order valence-electron chi connectivity index (χ4n) is 1.81. The molecule has 0 fully saturated rings.